The average Bonchev–Trinajstić information content (AvgIpc) is 3.07. The molecule has 2 aliphatic carbocycles. The molecule has 0 aromatic rings. The number of hydrogen-bond donors (Lipinski definition) is 2. The summed E-state index contributed by atoms with van der Waals surface area (Å²) >= 11 is 0. The van der Waals surface area contributed by atoms with Gasteiger partial charge in [-0.15, -0.1) is 0 Å². The largest absolute Gasteiger partial charge is 0.409 e. The minimum Gasteiger partial charge on any atom is -0.409 e. The number of amides is 1. The van der Waals surface area contributed by atoms with Crippen LogP contribution in [0.4, 0.5) is 0 Å². The Bertz CT molecular complexity index is 369. The normalized spacial score (nSPS) is 22.8. The Hall–Kier alpha value is -1.26. The molecular weight excluding hydrogens is 242 g/mol. The Morgan fingerprint density at radius 1 is 1.42 bits per heavy atom. The third-order valence-electron chi connectivity index (χ3n) is 4.50. The van der Waals surface area contributed by atoms with E-state index in [0.29, 0.717) is 18.8 Å². The number of carbonyl (C=O) groups excluding carboxylic acids is 1. The zero-order valence-electron chi connectivity index (χ0n) is 11.9. The number of rotatable bonds is 5. The topological polar surface area (TPSA) is 78.9 Å². The maximum atomic E-state index is 12.9. The average molecular weight is 267 g/mol. The molecule has 0 aromatic carbocycles. The van der Waals surface area contributed by atoms with Gasteiger partial charge in [0.05, 0.1) is 0 Å². The SMILES string of the molecule is CC(C)N(CC1CC1)C(=O)C1(C(N)=NO)CCCC1. The second kappa shape index (κ2) is 5.39. The molecular formula is C14H25N3O2. The van der Waals surface area contributed by atoms with Gasteiger partial charge in [-0.25, -0.2) is 0 Å². The molecule has 0 saturated heterocycles. The Kier molecular flexibility index (Phi) is 4.02. The van der Waals surface area contributed by atoms with Crippen molar-refractivity contribution in [2.24, 2.45) is 22.2 Å². The van der Waals surface area contributed by atoms with Gasteiger partial charge in [0.15, 0.2) is 5.84 Å². The van der Waals surface area contributed by atoms with Crippen molar-refractivity contribution in [1.29, 1.82) is 0 Å². The van der Waals surface area contributed by atoms with E-state index in [1.807, 2.05) is 18.7 Å². The lowest BCUT2D eigenvalue weighted by atomic mass is 9.82. The molecule has 0 radical (unpaired) electrons. The Morgan fingerprint density at radius 3 is 2.42 bits per heavy atom. The molecule has 2 aliphatic rings. The number of amidine groups is 1. The van der Waals surface area contributed by atoms with Crippen LogP contribution in [0.2, 0.25) is 0 Å². The highest BCUT2D eigenvalue weighted by Crippen LogP contribution is 2.41. The second-order valence-electron chi connectivity index (χ2n) is 6.27. The van der Waals surface area contributed by atoms with Gasteiger partial charge < -0.3 is 15.8 Å². The summed E-state index contributed by atoms with van der Waals surface area (Å²) in [7, 11) is 0. The molecule has 2 saturated carbocycles. The number of nitrogens with zero attached hydrogens (tertiary/aromatic N) is 2. The summed E-state index contributed by atoms with van der Waals surface area (Å²) in [6.45, 7) is 4.89. The smallest absolute Gasteiger partial charge is 0.236 e. The number of carbonyl (C=O) groups is 1. The van der Waals surface area contributed by atoms with Gasteiger partial charge in [0.25, 0.3) is 0 Å². The van der Waals surface area contributed by atoms with Gasteiger partial charge in [0.2, 0.25) is 5.91 Å². The van der Waals surface area contributed by atoms with E-state index in [1.165, 1.54) is 12.8 Å². The van der Waals surface area contributed by atoms with Gasteiger partial charge in [0.1, 0.15) is 5.41 Å². The van der Waals surface area contributed by atoms with Gasteiger partial charge in [-0.05, 0) is 45.4 Å². The van der Waals surface area contributed by atoms with E-state index in [4.69, 9.17) is 10.9 Å². The molecule has 5 nitrogen and oxygen atoms in total. The minimum atomic E-state index is -0.756. The van der Waals surface area contributed by atoms with Crippen LogP contribution >= 0.6 is 0 Å². The van der Waals surface area contributed by atoms with Crippen molar-refractivity contribution in [2.75, 3.05) is 6.54 Å². The van der Waals surface area contributed by atoms with Crippen molar-refractivity contribution in [3.63, 3.8) is 0 Å². The first-order valence-electron chi connectivity index (χ1n) is 7.30. The lowest BCUT2D eigenvalue weighted by Gasteiger charge is -2.36. The predicted octanol–water partition coefficient (Wildman–Crippen LogP) is 1.94. The van der Waals surface area contributed by atoms with Crippen LogP contribution in [0.15, 0.2) is 5.16 Å². The minimum absolute atomic E-state index is 0.0576. The van der Waals surface area contributed by atoms with Crippen molar-refractivity contribution < 1.29 is 10.0 Å². The van der Waals surface area contributed by atoms with E-state index in [1.54, 1.807) is 0 Å². The van der Waals surface area contributed by atoms with E-state index < -0.39 is 5.41 Å². The van der Waals surface area contributed by atoms with Crippen molar-refractivity contribution in [3.05, 3.63) is 0 Å². The maximum Gasteiger partial charge on any atom is 0.236 e. The molecule has 0 spiro atoms. The number of hydrogen-bond acceptors (Lipinski definition) is 3. The summed E-state index contributed by atoms with van der Waals surface area (Å²) in [5.74, 6) is 0.802. The molecule has 1 amide bonds. The Morgan fingerprint density at radius 2 is 2.00 bits per heavy atom. The van der Waals surface area contributed by atoms with Crippen LogP contribution in [0.3, 0.4) is 0 Å². The maximum absolute atomic E-state index is 12.9. The van der Waals surface area contributed by atoms with Gasteiger partial charge in [-0.2, -0.15) is 0 Å². The molecule has 0 heterocycles. The molecule has 0 aromatic heterocycles. The van der Waals surface area contributed by atoms with Crippen LogP contribution in [0.25, 0.3) is 0 Å². The number of oxime groups is 1. The monoisotopic (exact) mass is 267 g/mol. The summed E-state index contributed by atoms with van der Waals surface area (Å²) in [4.78, 5) is 14.9. The van der Waals surface area contributed by atoms with E-state index in [9.17, 15) is 4.79 Å². The van der Waals surface area contributed by atoms with Gasteiger partial charge in [-0.1, -0.05) is 18.0 Å². The zero-order chi connectivity index (χ0) is 14.0. The summed E-state index contributed by atoms with van der Waals surface area (Å²) in [5, 5.41) is 12.2. The third kappa shape index (κ3) is 2.69. The molecule has 0 unspecified atom stereocenters. The quantitative estimate of drug-likeness (QED) is 0.346. The highest BCUT2D eigenvalue weighted by molar-refractivity contribution is 6.07. The second-order valence-corrected chi connectivity index (χ2v) is 6.27. The molecule has 2 rings (SSSR count). The summed E-state index contributed by atoms with van der Waals surface area (Å²) in [6.07, 6.45) is 5.78. The van der Waals surface area contributed by atoms with Crippen LogP contribution in [-0.4, -0.2) is 34.4 Å². The Balaban J connectivity index is 2.21. The van der Waals surface area contributed by atoms with Crippen LogP contribution in [0.1, 0.15) is 52.4 Å². The molecule has 0 bridgehead atoms. The highest BCUT2D eigenvalue weighted by atomic mass is 16.4. The van der Waals surface area contributed by atoms with Crippen molar-refractivity contribution in [1.82, 2.24) is 4.90 Å². The van der Waals surface area contributed by atoms with E-state index in [0.717, 1.165) is 19.4 Å². The standard InChI is InChI=1S/C14H25N3O2/c1-10(2)17(9-11-5-6-11)13(18)14(12(15)16-19)7-3-4-8-14/h10-11,19H,3-9H2,1-2H3,(H2,15,16). The molecule has 108 valence electrons. The lowest BCUT2D eigenvalue weighted by Crippen LogP contribution is -2.52. The van der Waals surface area contributed by atoms with Crippen LogP contribution in [0, 0.1) is 11.3 Å². The first-order chi connectivity index (χ1) is 9.01. The first-order valence-corrected chi connectivity index (χ1v) is 7.30. The highest BCUT2D eigenvalue weighted by Gasteiger charge is 2.48. The lowest BCUT2D eigenvalue weighted by molar-refractivity contribution is -0.140. The summed E-state index contributed by atoms with van der Waals surface area (Å²) < 4.78 is 0. The third-order valence-corrected chi connectivity index (χ3v) is 4.50. The van der Waals surface area contributed by atoms with Crippen LogP contribution in [-0.2, 0) is 4.79 Å². The molecule has 3 N–H and O–H groups in total. The van der Waals surface area contributed by atoms with Crippen molar-refractivity contribution in [2.45, 2.75) is 58.4 Å². The molecule has 5 heteroatoms. The van der Waals surface area contributed by atoms with Crippen molar-refractivity contribution >= 4 is 11.7 Å². The molecule has 0 atom stereocenters. The van der Waals surface area contributed by atoms with Crippen molar-refractivity contribution in [3.8, 4) is 0 Å². The fourth-order valence-electron chi connectivity index (χ4n) is 3.04. The van der Waals surface area contributed by atoms with Crippen LogP contribution < -0.4 is 5.73 Å². The fourth-order valence-corrected chi connectivity index (χ4v) is 3.04. The fraction of sp³-hybridized carbons (Fsp3) is 0.857. The van der Waals surface area contributed by atoms with Gasteiger partial charge in [-0.3, -0.25) is 4.79 Å². The number of nitrogens with two attached hydrogens (primary N) is 1. The predicted molar refractivity (Wildman–Crippen MR) is 73.9 cm³/mol. The molecule has 0 aliphatic heterocycles. The van der Waals surface area contributed by atoms with Gasteiger partial charge in [0, 0.05) is 12.6 Å². The van der Waals surface area contributed by atoms with E-state index in [2.05, 4.69) is 5.16 Å². The molecule has 19 heavy (non-hydrogen) atoms. The van der Waals surface area contributed by atoms with Gasteiger partial charge >= 0.3 is 0 Å². The first kappa shape index (κ1) is 14.2. The summed E-state index contributed by atoms with van der Waals surface area (Å²) in [6, 6.07) is 0.164. The Labute approximate surface area is 114 Å². The zero-order valence-corrected chi connectivity index (χ0v) is 11.9. The van der Waals surface area contributed by atoms with E-state index >= 15 is 0 Å². The summed E-state index contributed by atoms with van der Waals surface area (Å²) in [5.41, 5.74) is 5.09. The van der Waals surface area contributed by atoms with Crippen LogP contribution in [0.5, 0.6) is 0 Å². The van der Waals surface area contributed by atoms with E-state index in [-0.39, 0.29) is 17.8 Å². The molecule has 2 fully saturated rings.